The summed E-state index contributed by atoms with van der Waals surface area (Å²) in [6.45, 7) is 0.238. The molecule has 0 unspecified atom stereocenters. The third kappa shape index (κ3) is 6.81. The smallest absolute Gasteiger partial charge is 0.337 e. The van der Waals surface area contributed by atoms with Crippen molar-refractivity contribution >= 4 is 52.9 Å². The standard InChI is InChI=1S/C24H19Cl2N3O5/c1-33-24(32)16-8-6-15(7-9-16)14-34-21-5-3-2-4-17(21)13-27-29-23(31)22(30)28-20-12-18(25)10-11-19(20)26/h2-13H,14H2,1H3,(H,28,30)(H,29,31)/b27-13-. The van der Waals surface area contributed by atoms with Crippen molar-refractivity contribution in [3.8, 4) is 5.75 Å². The van der Waals surface area contributed by atoms with E-state index in [1.54, 1.807) is 54.6 Å². The van der Waals surface area contributed by atoms with Gasteiger partial charge in [-0.05, 0) is 48.0 Å². The van der Waals surface area contributed by atoms with Crippen LogP contribution in [0.4, 0.5) is 5.69 Å². The number of carbonyl (C=O) groups excluding carboxylic acids is 3. The molecule has 10 heteroatoms. The summed E-state index contributed by atoms with van der Waals surface area (Å²) in [5.74, 6) is -1.86. The topological polar surface area (TPSA) is 106 Å². The van der Waals surface area contributed by atoms with Gasteiger partial charge in [0.1, 0.15) is 12.4 Å². The number of carbonyl (C=O) groups is 3. The van der Waals surface area contributed by atoms with Gasteiger partial charge in [-0.3, -0.25) is 9.59 Å². The first-order valence-electron chi connectivity index (χ1n) is 9.86. The van der Waals surface area contributed by atoms with Gasteiger partial charge in [0.2, 0.25) is 0 Å². The van der Waals surface area contributed by atoms with E-state index in [1.165, 1.54) is 25.5 Å². The first kappa shape index (κ1) is 24.8. The number of hydrazone groups is 1. The zero-order valence-electron chi connectivity index (χ0n) is 17.9. The van der Waals surface area contributed by atoms with E-state index >= 15 is 0 Å². The quantitative estimate of drug-likeness (QED) is 0.216. The molecule has 3 rings (SSSR count). The molecule has 0 saturated carbocycles. The van der Waals surface area contributed by atoms with Gasteiger partial charge in [-0.2, -0.15) is 5.10 Å². The molecule has 2 amide bonds. The Labute approximate surface area is 205 Å². The maximum atomic E-state index is 12.1. The number of halogens is 2. The van der Waals surface area contributed by atoms with Crippen molar-refractivity contribution in [1.82, 2.24) is 5.43 Å². The molecule has 174 valence electrons. The van der Waals surface area contributed by atoms with Crippen LogP contribution in [0.25, 0.3) is 0 Å². The number of nitrogens with one attached hydrogen (secondary N) is 2. The maximum absolute atomic E-state index is 12.1. The van der Waals surface area contributed by atoms with E-state index in [9.17, 15) is 14.4 Å². The van der Waals surface area contributed by atoms with Crippen LogP contribution >= 0.6 is 23.2 Å². The van der Waals surface area contributed by atoms with Gasteiger partial charge in [-0.1, -0.05) is 47.5 Å². The highest BCUT2D eigenvalue weighted by Crippen LogP contribution is 2.25. The van der Waals surface area contributed by atoms with Crippen molar-refractivity contribution in [2.45, 2.75) is 6.61 Å². The Balaban J connectivity index is 1.58. The van der Waals surface area contributed by atoms with Gasteiger partial charge in [0.15, 0.2) is 0 Å². The molecular formula is C24H19Cl2N3O5. The van der Waals surface area contributed by atoms with Gasteiger partial charge < -0.3 is 14.8 Å². The number of esters is 1. The van der Waals surface area contributed by atoms with E-state index in [0.29, 0.717) is 21.9 Å². The Morgan fingerprint density at radius 2 is 1.71 bits per heavy atom. The number of anilines is 1. The lowest BCUT2D eigenvalue weighted by atomic mass is 10.1. The Kier molecular flexibility index (Phi) is 8.61. The van der Waals surface area contributed by atoms with Crippen molar-refractivity contribution in [2.24, 2.45) is 5.10 Å². The first-order chi connectivity index (χ1) is 16.4. The third-order valence-corrected chi connectivity index (χ3v) is 5.01. The molecule has 0 heterocycles. The first-order valence-corrected chi connectivity index (χ1v) is 10.6. The number of benzene rings is 3. The summed E-state index contributed by atoms with van der Waals surface area (Å²) in [5, 5.41) is 6.79. The van der Waals surface area contributed by atoms with Crippen molar-refractivity contribution < 1.29 is 23.9 Å². The summed E-state index contributed by atoms with van der Waals surface area (Å²) in [4.78, 5) is 35.7. The molecule has 0 atom stereocenters. The summed E-state index contributed by atoms with van der Waals surface area (Å²) in [7, 11) is 1.32. The molecule has 0 bridgehead atoms. The average molecular weight is 500 g/mol. The van der Waals surface area contributed by atoms with E-state index < -0.39 is 17.8 Å². The number of para-hydroxylation sites is 1. The highest BCUT2D eigenvalue weighted by molar-refractivity contribution is 6.42. The maximum Gasteiger partial charge on any atom is 0.337 e. The van der Waals surface area contributed by atoms with Gasteiger partial charge in [-0.25, -0.2) is 10.2 Å². The number of rotatable bonds is 7. The average Bonchev–Trinajstić information content (AvgIpc) is 2.85. The molecule has 0 aliphatic heterocycles. The second kappa shape index (κ2) is 11.8. The number of methoxy groups -OCH3 is 1. The summed E-state index contributed by atoms with van der Waals surface area (Å²) in [5.41, 5.74) is 4.21. The van der Waals surface area contributed by atoms with Crippen molar-refractivity contribution in [3.63, 3.8) is 0 Å². The van der Waals surface area contributed by atoms with Crippen LogP contribution in [0.15, 0.2) is 71.8 Å². The molecule has 0 fully saturated rings. The number of hydrogen-bond donors (Lipinski definition) is 2. The molecule has 0 aliphatic rings. The molecular weight excluding hydrogens is 481 g/mol. The second-order valence-corrected chi connectivity index (χ2v) is 7.64. The highest BCUT2D eigenvalue weighted by Gasteiger charge is 2.15. The Morgan fingerprint density at radius 1 is 0.971 bits per heavy atom. The summed E-state index contributed by atoms with van der Waals surface area (Å²) in [6, 6.07) is 18.3. The molecule has 34 heavy (non-hydrogen) atoms. The normalized spacial score (nSPS) is 10.6. The SMILES string of the molecule is COC(=O)c1ccc(COc2ccccc2/C=N\NC(=O)C(=O)Nc2cc(Cl)ccc2Cl)cc1. The molecule has 0 saturated heterocycles. The molecule has 3 aromatic rings. The van der Waals surface area contributed by atoms with Crippen LogP contribution in [0.1, 0.15) is 21.5 Å². The van der Waals surface area contributed by atoms with Gasteiger partial charge in [0, 0.05) is 10.6 Å². The summed E-state index contributed by atoms with van der Waals surface area (Å²) in [6.07, 6.45) is 1.35. The van der Waals surface area contributed by atoms with E-state index in [1.807, 2.05) is 0 Å². The molecule has 3 aromatic carbocycles. The van der Waals surface area contributed by atoms with Crippen molar-refractivity contribution in [1.29, 1.82) is 0 Å². The summed E-state index contributed by atoms with van der Waals surface area (Å²) < 4.78 is 10.5. The van der Waals surface area contributed by atoms with Crippen LogP contribution in [0.5, 0.6) is 5.75 Å². The number of ether oxygens (including phenoxy) is 2. The predicted molar refractivity (Wildman–Crippen MR) is 129 cm³/mol. The van der Waals surface area contributed by atoms with Crippen molar-refractivity contribution in [2.75, 3.05) is 12.4 Å². The molecule has 8 nitrogen and oxygen atoms in total. The van der Waals surface area contributed by atoms with Gasteiger partial charge >= 0.3 is 17.8 Å². The molecule has 0 radical (unpaired) electrons. The van der Waals surface area contributed by atoms with E-state index in [-0.39, 0.29) is 17.3 Å². The van der Waals surface area contributed by atoms with Gasteiger partial charge in [0.05, 0.1) is 29.6 Å². The number of amides is 2. The van der Waals surface area contributed by atoms with Crippen LogP contribution in [0, 0.1) is 0 Å². The third-order valence-electron chi connectivity index (χ3n) is 4.44. The Bertz CT molecular complexity index is 1230. The van der Waals surface area contributed by atoms with E-state index in [0.717, 1.165) is 5.56 Å². The van der Waals surface area contributed by atoms with Gasteiger partial charge in [0.25, 0.3) is 0 Å². The highest BCUT2D eigenvalue weighted by atomic mass is 35.5. The minimum absolute atomic E-state index is 0.205. The minimum Gasteiger partial charge on any atom is -0.488 e. The lowest BCUT2D eigenvalue weighted by Gasteiger charge is -2.09. The molecule has 0 aromatic heterocycles. The fourth-order valence-electron chi connectivity index (χ4n) is 2.72. The molecule has 0 spiro atoms. The van der Waals surface area contributed by atoms with Crippen LogP contribution in [0.3, 0.4) is 0 Å². The number of hydrogen-bond acceptors (Lipinski definition) is 6. The van der Waals surface area contributed by atoms with Crippen LogP contribution in [0.2, 0.25) is 10.0 Å². The lowest BCUT2D eigenvalue weighted by Crippen LogP contribution is -2.32. The largest absolute Gasteiger partial charge is 0.488 e. The van der Waals surface area contributed by atoms with Crippen LogP contribution < -0.4 is 15.5 Å². The van der Waals surface area contributed by atoms with Crippen LogP contribution in [-0.2, 0) is 20.9 Å². The predicted octanol–water partition coefficient (Wildman–Crippen LogP) is 4.45. The summed E-state index contributed by atoms with van der Waals surface area (Å²) >= 11 is 11.9. The monoisotopic (exact) mass is 499 g/mol. The van der Waals surface area contributed by atoms with Gasteiger partial charge in [-0.15, -0.1) is 0 Å². The van der Waals surface area contributed by atoms with Crippen LogP contribution in [-0.4, -0.2) is 31.1 Å². The fourth-order valence-corrected chi connectivity index (χ4v) is 3.06. The Hall–Kier alpha value is -3.88. The minimum atomic E-state index is -0.989. The lowest BCUT2D eigenvalue weighted by molar-refractivity contribution is -0.136. The fraction of sp³-hybridized carbons (Fsp3) is 0.0833. The van der Waals surface area contributed by atoms with E-state index in [4.69, 9.17) is 27.9 Å². The van der Waals surface area contributed by atoms with E-state index in [2.05, 4.69) is 20.6 Å². The molecule has 2 N–H and O–H groups in total. The molecule has 0 aliphatic carbocycles. The zero-order chi connectivity index (χ0) is 24.5. The second-order valence-electron chi connectivity index (χ2n) is 6.79. The number of nitrogens with zero attached hydrogens (tertiary/aromatic N) is 1. The Morgan fingerprint density at radius 3 is 2.44 bits per heavy atom. The zero-order valence-corrected chi connectivity index (χ0v) is 19.4. The van der Waals surface area contributed by atoms with Crippen molar-refractivity contribution in [3.05, 3.63) is 93.5 Å².